The quantitative estimate of drug-likeness (QED) is 0.485. The molecule has 0 N–H and O–H groups in total. The molecule has 0 aliphatic carbocycles. The van der Waals surface area contributed by atoms with Gasteiger partial charge in [-0.1, -0.05) is 62.6 Å². The van der Waals surface area contributed by atoms with E-state index in [1.807, 2.05) is 24.3 Å². The van der Waals surface area contributed by atoms with Crippen LogP contribution in [0.15, 0.2) is 30.3 Å². The van der Waals surface area contributed by atoms with Crippen molar-refractivity contribution in [3.63, 3.8) is 0 Å². The second kappa shape index (κ2) is 7.86. The molecule has 1 aromatic rings. The molecule has 16 heavy (non-hydrogen) atoms. The molecule has 0 atom stereocenters. The number of unbranched alkanes of at least 4 members (excludes halogenated alkanes) is 4. The van der Waals surface area contributed by atoms with Crippen LogP contribution in [0.4, 0.5) is 0 Å². The Morgan fingerprint density at radius 3 is 2.50 bits per heavy atom. The maximum Gasteiger partial charge on any atom is 0.150 e. The van der Waals surface area contributed by atoms with Gasteiger partial charge in [0.25, 0.3) is 0 Å². The van der Waals surface area contributed by atoms with Crippen LogP contribution in [0.1, 0.15) is 54.9 Å². The molecule has 0 saturated heterocycles. The van der Waals surface area contributed by atoms with Crippen LogP contribution in [0.25, 0.3) is 6.08 Å². The van der Waals surface area contributed by atoms with Crippen molar-refractivity contribution in [2.24, 2.45) is 0 Å². The van der Waals surface area contributed by atoms with Gasteiger partial charge in [0.1, 0.15) is 0 Å². The van der Waals surface area contributed by atoms with E-state index < -0.39 is 0 Å². The van der Waals surface area contributed by atoms with Crippen molar-refractivity contribution in [2.45, 2.75) is 39.0 Å². The minimum Gasteiger partial charge on any atom is -0.298 e. The minimum absolute atomic E-state index is 0.771. The van der Waals surface area contributed by atoms with Crippen molar-refractivity contribution >= 4 is 12.4 Å². The smallest absolute Gasteiger partial charge is 0.150 e. The van der Waals surface area contributed by atoms with Crippen molar-refractivity contribution in [1.29, 1.82) is 0 Å². The Kier molecular flexibility index (Phi) is 6.24. The van der Waals surface area contributed by atoms with Gasteiger partial charge in [0.15, 0.2) is 6.29 Å². The fourth-order valence-electron chi connectivity index (χ4n) is 1.67. The number of benzene rings is 1. The summed E-state index contributed by atoms with van der Waals surface area (Å²) >= 11 is 0. The van der Waals surface area contributed by atoms with Gasteiger partial charge in [0.2, 0.25) is 0 Å². The molecule has 0 aromatic heterocycles. The van der Waals surface area contributed by atoms with Crippen molar-refractivity contribution in [2.75, 3.05) is 0 Å². The minimum atomic E-state index is 0.771. The first-order valence-corrected chi connectivity index (χ1v) is 6.09. The van der Waals surface area contributed by atoms with Crippen molar-refractivity contribution in [3.8, 4) is 0 Å². The summed E-state index contributed by atoms with van der Waals surface area (Å²) in [7, 11) is 0. The van der Waals surface area contributed by atoms with Gasteiger partial charge < -0.3 is 0 Å². The highest BCUT2D eigenvalue weighted by atomic mass is 16.1. The third-order valence-corrected chi connectivity index (χ3v) is 2.64. The average Bonchev–Trinajstić information content (AvgIpc) is 2.34. The van der Waals surface area contributed by atoms with Crippen LogP contribution in [-0.4, -0.2) is 6.29 Å². The fraction of sp³-hybridized carbons (Fsp3) is 0.400. The van der Waals surface area contributed by atoms with Crippen LogP contribution in [0.5, 0.6) is 0 Å². The Balaban J connectivity index is 2.40. The van der Waals surface area contributed by atoms with Gasteiger partial charge in [-0.3, -0.25) is 4.79 Å². The Labute approximate surface area is 98.2 Å². The topological polar surface area (TPSA) is 17.1 Å². The Morgan fingerprint density at radius 1 is 1.06 bits per heavy atom. The van der Waals surface area contributed by atoms with E-state index in [-0.39, 0.29) is 0 Å². The number of rotatable bonds is 7. The summed E-state index contributed by atoms with van der Waals surface area (Å²) in [5.74, 6) is 0. The molecule has 0 unspecified atom stereocenters. The van der Waals surface area contributed by atoms with Crippen LogP contribution in [-0.2, 0) is 0 Å². The molecule has 0 aliphatic heterocycles. The van der Waals surface area contributed by atoms with Crippen LogP contribution in [0.3, 0.4) is 0 Å². The Bertz CT molecular complexity index is 339. The average molecular weight is 216 g/mol. The fourth-order valence-corrected chi connectivity index (χ4v) is 1.67. The van der Waals surface area contributed by atoms with Gasteiger partial charge in [-0.25, -0.2) is 0 Å². The molecule has 0 spiro atoms. The predicted octanol–water partition coefficient (Wildman–Crippen LogP) is 4.48. The van der Waals surface area contributed by atoms with Gasteiger partial charge in [-0.15, -0.1) is 0 Å². The number of hydrogen-bond acceptors (Lipinski definition) is 1. The molecule has 0 saturated carbocycles. The maximum atomic E-state index is 10.8. The van der Waals surface area contributed by atoms with E-state index in [4.69, 9.17) is 0 Å². The van der Waals surface area contributed by atoms with Crippen LogP contribution in [0, 0.1) is 0 Å². The number of carbonyl (C=O) groups excluding carboxylic acids is 1. The molecule has 0 heterocycles. The summed E-state index contributed by atoms with van der Waals surface area (Å²) in [5.41, 5.74) is 1.79. The lowest BCUT2D eigenvalue weighted by Crippen LogP contribution is -1.84. The molecule has 1 nitrogen and oxygen atoms in total. The summed E-state index contributed by atoms with van der Waals surface area (Å²) in [5, 5.41) is 0. The monoisotopic (exact) mass is 216 g/mol. The molecular formula is C15H20O. The van der Waals surface area contributed by atoms with E-state index in [9.17, 15) is 4.79 Å². The number of carbonyl (C=O) groups is 1. The van der Waals surface area contributed by atoms with Crippen molar-refractivity contribution in [1.82, 2.24) is 0 Å². The summed E-state index contributed by atoms with van der Waals surface area (Å²) in [6.07, 6.45) is 11.4. The zero-order valence-corrected chi connectivity index (χ0v) is 9.99. The third-order valence-electron chi connectivity index (χ3n) is 2.64. The van der Waals surface area contributed by atoms with E-state index in [2.05, 4.69) is 19.1 Å². The molecule has 86 valence electrons. The third kappa shape index (κ3) is 4.43. The summed E-state index contributed by atoms with van der Waals surface area (Å²) in [6.45, 7) is 2.22. The highest BCUT2D eigenvalue weighted by Crippen LogP contribution is 2.10. The zero-order valence-electron chi connectivity index (χ0n) is 9.99. The highest BCUT2D eigenvalue weighted by molar-refractivity contribution is 5.81. The lowest BCUT2D eigenvalue weighted by Gasteiger charge is -1.98. The molecule has 0 fully saturated rings. The molecule has 0 bridgehead atoms. The van der Waals surface area contributed by atoms with E-state index in [0.29, 0.717) is 0 Å². The Morgan fingerprint density at radius 2 is 1.81 bits per heavy atom. The summed E-state index contributed by atoms with van der Waals surface area (Å²) in [4.78, 5) is 10.8. The molecule has 1 aromatic carbocycles. The normalized spacial score (nSPS) is 10.8. The largest absolute Gasteiger partial charge is 0.298 e. The summed E-state index contributed by atoms with van der Waals surface area (Å²) < 4.78 is 0. The van der Waals surface area contributed by atoms with Crippen molar-refractivity contribution in [3.05, 3.63) is 41.5 Å². The predicted molar refractivity (Wildman–Crippen MR) is 69.6 cm³/mol. The van der Waals surface area contributed by atoms with E-state index >= 15 is 0 Å². The lowest BCUT2D eigenvalue weighted by molar-refractivity contribution is 0.112. The molecule has 0 amide bonds. The second-order valence-electron chi connectivity index (χ2n) is 4.00. The zero-order chi connectivity index (χ0) is 11.6. The number of allylic oxidation sites excluding steroid dienone is 1. The van der Waals surface area contributed by atoms with Crippen LogP contribution >= 0.6 is 0 Å². The number of aldehydes is 1. The van der Waals surface area contributed by atoms with Crippen LogP contribution < -0.4 is 0 Å². The highest BCUT2D eigenvalue weighted by Gasteiger charge is 1.94. The Hall–Kier alpha value is -1.37. The molecule has 0 aliphatic rings. The molecule has 1 heteroatoms. The maximum absolute atomic E-state index is 10.8. The number of hydrogen-bond donors (Lipinski definition) is 0. The van der Waals surface area contributed by atoms with Gasteiger partial charge >= 0.3 is 0 Å². The summed E-state index contributed by atoms with van der Waals surface area (Å²) in [6, 6.07) is 7.68. The molecule has 1 rings (SSSR count). The van der Waals surface area contributed by atoms with Gasteiger partial charge in [0.05, 0.1) is 0 Å². The standard InChI is InChI=1S/C15H20O/c1-2-3-4-5-6-7-10-14-11-8-9-12-15(14)13-16/h7-13H,2-6H2,1H3/b10-7+. The lowest BCUT2D eigenvalue weighted by atomic mass is 10.1. The van der Waals surface area contributed by atoms with Gasteiger partial charge in [-0.2, -0.15) is 0 Å². The van der Waals surface area contributed by atoms with Crippen LogP contribution in [0.2, 0.25) is 0 Å². The first kappa shape index (κ1) is 12.7. The van der Waals surface area contributed by atoms with E-state index in [1.165, 1.54) is 25.7 Å². The first-order chi connectivity index (χ1) is 7.88. The van der Waals surface area contributed by atoms with Gasteiger partial charge in [0, 0.05) is 5.56 Å². The van der Waals surface area contributed by atoms with E-state index in [0.717, 1.165) is 23.8 Å². The van der Waals surface area contributed by atoms with Gasteiger partial charge in [-0.05, 0) is 18.4 Å². The first-order valence-electron chi connectivity index (χ1n) is 6.09. The second-order valence-corrected chi connectivity index (χ2v) is 4.00. The molecule has 0 radical (unpaired) electrons. The van der Waals surface area contributed by atoms with Crippen molar-refractivity contribution < 1.29 is 4.79 Å². The van der Waals surface area contributed by atoms with E-state index in [1.54, 1.807) is 0 Å². The molecular weight excluding hydrogens is 196 g/mol. The SMILES string of the molecule is CCCCCC/C=C/c1ccccc1C=O.